The third-order valence-electron chi connectivity index (χ3n) is 2.82. The van der Waals surface area contributed by atoms with Crippen LogP contribution < -0.4 is 5.32 Å². The predicted molar refractivity (Wildman–Crippen MR) is 89.0 cm³/mol. The fourth-order valence-corrected chi connectivity index (χ4v) is 3.21. The molecule has 1 N–H and O–H groups in total. The van der Waals surface area contributed by atoms with Crippen LogP contribution in [0.2, 0.25) is 10.0 Å². The van der Waals surface area contributed by atoms with E-state index in [1.165, 1.54) is 5.56 Å². The van der Waals surface area contributed by atoms with Crippen LogP contribution in [-0.4, -0.2) is 6.54 Å². The predicted octanol–water partition coefficient (Wildman–Crippen LogP) is 5.64. The van der Waals surface area contributed by atoms with Crippen molar-refractivity contribution in [2.24, 2.45) is 0 Å². The molecule has 2 aromatic carbocycles. The topological polar surface area (TPSA) is 12.0 Å². The van der Waals surface area contributed by atoms with Crippen molar-refractivity contribution in [3.05, 3.63) is 58.1 Å². The van der Waals surface area contributed by atoms with E-state index >= 15 is 0 Å². The number of nitrogens with one attached hydrogen (secondary N) is 1. The zero-order chi connectivity index (χ0) is 14.4. The highest BCUT2D eigenvalue weighted by atomic mass is 35.5. The van der Waals surface area contributed by atoms with E-state index < -0.39 is 0 Å². The van der Waals surface area contributed by atoms with Crippen molar-refractivity contribution in [3.8, 4) is 0 Å². The first-order chi connectivity index (χ1) is 9.70. The largest absolute Gasteiger partial charge is 0.313 e. The second-order valence-electron chi connectivity index (χ2n) is 4.46. The molecule has 0 amide bonds. The van der Waals surface area contributed by atoms with Gasteiger partial charge in [0.15, 0.2) is 0 Å². The van der Waals surface area contributed by atoms with Crippen molar-refractivity contribution in [3.63, 3.8) is 0 Å². The molecule has 0 saturated carbocycles. The molecule has 1 nitrogen and oxygen atoms in total. The number of halogens is 2. The molecule has 0 aliphatic heterocycles. The third kappa shape index (κ3) is 4.42. The molecule has 0 unspecified atom stereocenters. The van der Waals surface area contributed by atoms with Crippen LogP contribution in [0.1, 0.15) is 18.9 Å². The van der Waals surface area contributed by atoms with E-state index in [0.717, 1.165) is 39.3 Å². The molecule has 0 fully saturated rings. The van der Waals surface area contributed by atoms with E-state index in [1.54, 1.807) is 11.8 Å². The molecule has 0 spiro atoms. The van der Waals surface area contributed by atoms with Crippen LogP contribution in [0.5, 0.6) is 0 Å². The monoisotopic (exact) mass is 325 g/mol. The van der Waals surface area contributed by atoms with Crippen LogP contribution >= 0.6 is 35.0 Å². The van der Waals surface area contributed by atoms with E-state index in [-0.39, 0.29) is 0 Å². The quantitative estimate of drug-likeness (QED) is 0.689. The maximum Gasteiger partial charge on any atom is 0.0548 e. The zero-order valence-electron chi connectivity index (χ0n) is 11.3. The van der Waals surface area contributed by atoms with E-state index in [9.17, 15) is 0 Å². The second-order valence-corrected chi connectivity index (χ2v) is 6.39. The minimum Gasteiger partial charge on any atom is -0.313 e. The smallest absolute Gasteiger partial charge is 0.0548 e. The van der Waals surface area contributed by atoms with Crippen LogP contribution in [0.4, 0.5) is 0 Å². The SMILES string of the molecule is CCCNCc1cccc(Cl)c1Sc1ccc(Cl)cc1. The van der Waals surface area contributed by atoms with Gasteiger partial charge in [-0.1, -0.05) is 54.0 Å². The van der Waals surface area contributed by atoms with Crippen molar-refractivity contribution in [2.75, 3.05) is 6.54 Å². The lowest BCUT2D eigenvalue weighted by Crippen LogP contribution is -2.14. The summed E-state index contributed by atoms with van der Waals surface area (Å²) in [6.07, 6.45) is 1.13. The fraction of sp³-hybridized carbons (Fsp3) is 0.250. The Labute approximate surface area is 134 Å². The molecule has 0 heterocycles. The van der Waals surface area contributed by atoms with Crippen molar-refractivity contribution in [2.45, 2.75) is 29.7 Å². The van der Waals surface area contributed by atoms with Gasteiger partial charge in [-0.25, -0.2) is 0 Å². The lowest BCUT2D eigenvalue weighted by molar-refractivity contribution is 0.669. The molecular formula is C16H17Cl2NS. The Hall–Kier alpha value is -0.670. The molecule has 0 atom stereocenters. The molecule has 0 saturated heterocycles. The van der Waals surface area contributed by atoms with Crippen LogP contribution in [-0.2, 0) is 6.54 Å². The van der Waals surface area contributed by atoms with Gasteiger partial charge in [-0.05, 0) is 48.9 Å². The van der Waals surface area contributed by atoms with Crippen molar-refractivity contribution in [1.82, 2.24) is 5.32 Å². The minimum atomic E-state index is 0.748. The van der Waals surface area contributed by atoms with E-state index in [4.69, 9.17) is 23.2 Å². The normalized spacial score (nSPS) is 10.8. The molecule has 0 aliphatic rings. The van der Waals surface area contributed by atoms with Gasteiger partial charge in [0.1, 0.15) is 0 Å². The van der Waals surface area contributed by atoms with Gasteiger partial charge >= 0.3 is 0 Å². The fourth-order valence-electron chi connectivity index (χ4n) is 1.83. The molecule has 20 heavy (non-hydrogen) atoms. The average molecular weight is 326 g/mol. The lowest BCUT2D eigenvalue weighted by Gasteiger charge is -2.12. The molecule has 106 valence electrons. The van der Waals surface area contributed by atoms with Gasteiger partial charge in [0.2, 0.25) is 0 Å². The van der Waals surface area contributed by atoms with E-state index in [1.807, 2.05) is 36.4 Å². The molecule has 2 aromatic rings. The summed E-state index contributed by atoms with van der Waals surface area (Å²) in [6.45, 7) is 4.01. The summed E-state index contributed by atoms with van der Waals surface area (Å²) < 4.78 is 0. The van der Waals surface area contributed by atoms with Gasteiger partial charge < -0.3 is 5.32 Å². The molecular weight excluding hydrogens is 309 g/mol. The minimum absolute atomic E-state index is 0.748. The summed E-state index contributed by atoms with van der Waals surface area (Å²) in [5, 5.41) is 4.96. The van der Waals surface area contributed by atoms with E-state index in [0.29, 0.717) is 0 Å². The Morgan fingerprint density at radius 2 is 1.80 bits per heavy atom. The molecule has 2 rings (SSSR count). The number of hydrogen-bond acceptors (Lipinski definition) is 2. The Morgan fingerprint density at radius 1 is 1.05 bits per heavy atom. The number of benzene rings is 2. The Balaban J connectivity index is 2.18. The molecule has 0 bridgehead atoms. The maximum absolute atomic E-state index is 6.35. The van der Waals surface area contributed by atoms with Crippen molar-refractivity contribution in [1.29, 1.82) is 0 Å². The summed E-state index contributed by atoms with van der Waals surface area (Å²) >= 11 is 13.9. The first-order valence-electron chi connectivity index (χ1n) is 6.62. The van der Waals surface area contributed by atoms with Crippen LogP contribution in [0.3, 0.4) is 0 Å². The Bertz CT molecular complexity index is 555. The standard InChI is InChI=1S/C16H17Cl2NS/c1-2-10-19-11-12-4-3-5-15(18)16(12)20-14-8-6-13(17)7-9-14/h3-9,19H,2,10-11H2,1H3. The van der Waals surface area contributed by atoms with Crippen LogP contribution in [0.15, 0.2) is 52.3 Å². The summed E-state index contributed by atoms with van der Waals surface area (Å²) in [7, 11) is 0. The zero-order valence-corrected chi connectivity index (χ0v) is 13.7. The van der Waals surface area contributed by atoms with Crippen molar-refractivity contribution < 1.29 is 0 Å². The Kier molecular flexibility index (Phi) is 6.24. The first kappa shape index (κ1) is 15.7. The lowest BCUT2D eigenvalue weighted by atomic mass is 10.2. The summed E-state index contributed by atoms with van der Waals surface area (Å²) in [5.41, 5.74) is 1.23. The summed E-state index contributed by atoms with van der Waals surface area (Å²) in [6, 6.07) is 13.9. The summed E-state index contributed by atoms with van der Waals surface area (Å²) in [4.78, 5) is 2.25. The van der Waals surface area contributed by atoms with E-state index in [2.05, 4.69) is 18.3 Å². The molecule has 0 aliphatic carbocycles. The molecule has 0 radical (unpaired) electrons. The average Bonchev–Trinajstić information content (AvgIpc) is 2.45. The van der Waals surface area contributed by atoms with Crippen LogP contribution in [0.25, 0.3) is 0 Å². The highest BCUT2D eigenvalue weighted by Gasteiger charge is 2.08. The van der Waals surface area contributed by atoms with Crippen molar-refractivity contribution >= 4 is 35.0 Å². The van der Waals surface area contributed by atoms with Gasteiger partial charge in [0, 0.05) is 21.4 Å². The second kappa shape index (κ2) is 7.94. The van der Waals surface area contributed by atoms with Gasteiger partial charge in [0.05, 0.1) is 5.02 Å². The third-order valence-corrected chi connectivity index (χ3v) is 4.70. The highest BCUT2D eigenvalue weighted by Crippen LogP contribution is 2.36. The number of rotatable bonds is 6. The first-order valence-corrected chi connectivity index (χ1v) is 8.19. The highest BCUT2D eigenvalue weighted by molar-refractivity contribution is 7.99. The van der Waals surface area contributed by atoms with Gasteiger partial charge in [-0.2, -0.15) is 0 Å². The maximum atomic E-state index is 6.35. The molecule has 0 aromatic heterocycles. The summed E-state index contributed by atoms with van der Waals surface area (Å²) in [5.74, 6) is 0. The molecule has 4 heteroatoms. The Morgan fingerprint density at radius 3 is 2.50 bits per heavy atom. The van der Waals surface area contributed by atoms with Crippen LogP contribution in [0, 0.1) is 0 Å². The van der Waals surface area contributed by atoms with Gasteiger partial charge in [0.25, 0.3) is 0 Å². The number of hydrogen-bond donors (Lipinski definition) is 1. The van der Waals surface area contributed by atoms with Gasteiger partial charge in [-0.15, -0.1) is 0 Å². The van der Waals surface area contributed by atoms with Gasteiger partial charge in [-0.3, -0.25) is 0 Å².